The van der Waals surface area contributed by atoms with Gasteiger partial charge in [0.2, 0.25) is 0 Å². The van der Waals surface area contributed by atoms with Crippen molar-refractivity contribution in [1.29, 1.82) is 0 Å². The Hall–Kier alpha value is -0.870. The van der Waals surface area contributed by atoms with Crippen molar-refractivity contribution in [3.8, 4) is 0 Å². The van der Waals surface area contributed by atoms with Crippen LogP contribution in [-0.4, -0.2) is 32.1 Å². The van der Waals surface area contributed by atoms with Crippen molar-refractivity contribution in [3.05, 3.63) is 22.4 Å². The Balaban J connectivity index is 2.31. The van der Waals surface area contributed by atoms with E-state index >= 15 is 0 Å². The minimum absolute atomic E-state index is 0.0698. The summed E-state index contributed by atoms with van der Waals surface area (Å²) in [5.41, 5.74) is -0.302. The predicted octanol–water partition coefficient (Wildman–Crippen LogP) is 2.30. The van der Waals surface area contributed by atoms with Gasteiger partial charge in [-0.05, 0) is 38.4 Å². The average Bonchev–Trinajstić information content (AvgIpc) is 2.85. The van der Waals surface area contributed by atoms with E-state index in [2.05, 4.69) is 16.3 Å². The van der Waals surface area contributed by atoms with E-state index in [9.17, 15) is 4.79 Å². The summed E-state index contributed by atoms with van der Waals surface area (Å²) in [7, 11) is 5.52. The second-order valence-corrected chi connectivity index (χ2v) is 5.51. The third kappa shape index (κ3) is 1.76. The molecule has 2 rings (SSSR count). The van der Waals surface area contributed by atoms with Crippen molar-refractivity contribution in [2.75, 3.05) is 21.2 Å². The number of carbonyl (C=O) groups is 1. The van der Waals surface area contributed by atoms with Gasteiger partial charge in [-0.2, -0.15) is 0 Å². The van der Waals surface area contributed by atoms with Crippen molar-refractivity contribution >= 4 is 17.3 Å². The molecule has 1 saturated carbocycles. The maximum Gasteiger partial charge on any atom is 0.313 e. The fraction of sp³-hybridized carbons (Fsp3) is 0.583. The first-order valence-electron chi connectivity index (χ1n) is 5.40. The van der Waals surface area contributed by atoms with Gasteiger partial charge in [0.15, 0.2) is 0 Å². The summed E-state index contributed by atoms with van der Waals surface area (Å²) in [5, 5.41) is 2.05. The van der Waals surface area contributed by atoms with Crippen molar-refractivity contribution in [2.24, 2.45) is 5.41 Å². The number of esters is 1. The van der Waals surface area contributed by atoms with E-state index in [4.69, 9.17) is 4.74 Å². The van der Waals surface area contributed by atoms with Crippen LogP contribution in [0.5, 0.6) is 0 Å². The van der Waals surface area contributed by atoms with Gasteiger partial charge in [0.1, 0.15) is 0 Å². The molecule has 1 aromatic heterocycles. The van der Waals surface area contributed by atoms with Crippen LogP contribution in [0.1, 0.15) is 23.8 Å². The molecule has 1 aliphatic rings. The summed E-state index contributed by atoms with van der Waals surface area (Å²) in [6, 6.07) is 4.28. The molecule has 1 aromatic rings. The Morgan fingerprint density at radius 2 is 2.25 bits per heavy atom. The number of hydrogen-bond acceptors (Lipinski definition) is 4. The molecule has 0 spiro atoms. The Morgan fingerprint density at radius 1 is 1.56 bits per heavy atom. The molecule has 1 heterocycles. The number of rotatable bonds is 4. The van der Waals surface area contributed by atoms with Crippen molar-refractivity contribution in [3.63, 3.8) is 0 Å². The molecule has 0 bridgehead atoms. The molecule has 1 atom stereocenters. The SMILES string of the molecule is COC(=O)C1(C(c2cccs2)N(C)C)CC1. The number of ether oxygens (including phenoxy) is 1. The molecule has 3 nitrogen and oxygen atoms in total. The molecule has 4 heteroatoms. The van der Waals surface area contributed by atoms with Crippen LogP contribution in [0.15, 0.2) is 17.5 Å². The zero-order valence-corrected chi connectivity index (χ0v) is 10.7. The highest BCUT2D eigenvalue weighted by Crippen LogP contribution is 2.58. The summed E-state index contributed by atoms with van der Waals surface area (Å²) in [6.45, 7) is 0. The van der Waals surface area contributed by atoms with E-state index in [1.165, 1.54) is 12.0 Å². The molecular formula is C12H17NO2S. The minimum Gasteiger partial charge on any atom is -0.469 e. The smallest absolute Gasteiger partial charge is 0.313 e. The second kappa shape index (κ2) is 4.18. The van der Waals surface area contributed by atoms with E-state index in [1.54, 1.807) is 11.3 Å². The largest absolute Gasteiger partial charge is 0.469 e. The fourth-order valence-corrected chi connectivity index (χ4v) is 3.43. The molecular weight excluding hydrogens is 222 g/mol. The van der Waals surface area contributed by atoms with Gasteiger partial charge in [-0.1, -0.05) is 6.07 Å². The molecule has 88 valence electrons. The lowest BCUT2D eigenvalue weighted by Crippen LogP contribution is -2.34. The average molecular weight is 239 g/mol. The van der Waals surface area contributed by atoms with Crippen LogP contribution in [0, 0.1) is 5.41 Å². The molecule has 16 heavy (non-hydrogen) atoms. The third-order valence-electron chi connectivity index (χ3n) is 3.23. The van der Waals surface area contributed by atoms with Crippen LogP contribution in [0.4, 0.5) is 0 Å². The molecule has 1 aliphatic carbocycles. The molecule has 0 N–H and O–H groups in total. The van der Waals surface area contributed by atoms with Gasteiger partial charge in [-0.3, -0.25) is 4.79 Å². The molecule has 1 unspecified atom stereocenters. The topological polar surface area (TPSA) is 29.5 Å². The Morgan fingerprint density at radius 3 is 2.62 bits per heavy atom. The van der Waals surface area contributed by atoms with Gasteiger partial charge in [0.25, 0.3) is 0 Å². The van der Waals surface area contributed by atoms with Gasteiger partial charge in [-0.25, -0.2) is 0 Å². The predicted molar refractivity (Wildman–Crippen MR) is 64.4 cm³/mol. The minimum atomic E-state index is -0.302. The molecule has 0 aliphatic heterocycles. The zero-order valence-electron chi connectivity index (χ0n) is 9.90. The van der Waals surface area contributed by atoms with Gasteiger partial charge >= 0.3 is 5.97 Å². The number of thiophene rings is 1. The lowest BCUT2D eigenvalue weighted by atomic mass is 9.94. The van der Waals surface area contributed by atoms with Crippen molar-refractivity contribution in [1.82, 2.24) is 4.90 Å². The summed E-state index contributed by atoms with van der Waals surface area (Å²) >= 11 is 1.70. The van der Waals surface area contributed by atoms with Crippen LogP contribution < -0.4 is 0 Å². The van der Waals surface area contributed by atoms with Gasteiger partial charge in [-0.15, -0.1) is 11.3 Å². The fourth-order valence-electron chi connectivity index (χ4n) is 2.40. The summed E-state index contributed by atoms with van der Waals surface area (Å²) in [4.78, 5) is 15.3. The monoisotopic (exact) mass is 239 g/mol. The van der Waals surface area contributed by atoms with Crippen LogP contribution in [-0.2, 0) is 9.53 Å². The van der Waals surface area contributed by atoms with E-state index in [0.717, 1.165) is 12.8 Å². The summed E-state index contributed by atoms with van der Waals surface area (Å²) in [5.74, 6) is -0.0698. The number of carbonyl (C=O) groups excluding carboxylic acids is 1. The maximum atomic E-state index is 11.9. The lowest BCUT2D eigenvalue weighted by molar-refractivity contribution is -0.149. The second-order valence-electron chi connectivity index (χ2n) is 4.53. The number of nitrogens with zero attached hydrogens (tertiary/aromatic N) is 1. The van der Waals surface area contributed by atoms with Crippen molar-refractivity contribution < 1.29 is 9.53 Å². The molecule has 1 fully saturated rings. The molecule has 0 saturated heterocycles. The Kier molecular flexibility index (Phi) is 3.04. The van der Waals surface area contributed by atoms with E-state index in [0.29, 0.717) is 0 Å². The summed E-state index contributed by atoms with van der Waals surface area (Å²) in [6.07, 6.45) is 1.86. The Labute approximate surface area is 100 Å². The number of hydrogen-bond donors (Lipinski definition) is 0. The first-order valence-corrected chi connectivity index (χ1v) is 6.28. The zero-order chi connectivity index (χ0) is 11.8. The third-order valence-corrected chi connectivity index (χ3v) is 4.16. The van der Waals surface area contributed by atoms with Gasteiger partial charge < -0.3 is 9.64 Å². The quantitative estimate of drug-likeness (QED) is 0.755. The van der Waals surface area contributed by atoms with E-state index in [-0.39, 0.29) is 17.4 Å². The maximum absolute atomic E-state index is 11.9. The van der Waals surface area contributed by atoms with Crippen LogP contribution in [0.25, 0.3) is 0 Å². The first-order chi connectivity index (χ1) is 7.62. The Bertz CT molecular complexity index is 368. The molecule has 0 aromatic carbocycles. The molecule has 0 amide bonds. The van der Waals surface area contributed by atoms with Gasteiger partial charge in [0, 0.05) is 4.88 Å². The highest BCUT2D eigenvalue weighted by molar-refractivity contribution is 7.10. The van der Waals surface area contributed by atoms with Crippen LogP contribution >= 0.6 is 11.3 Å². The van der Waals surface area contributed by atoms with E-state index < -0.39 is 0 Å². The molecule has 0 radical (unpaired) electrons. The van der Waals surface area contributed by atoms with Crippen LogP contribution in [0.3, 0.4) is 0 Å². The lowest BCUT2D eigenvalue weighted by Gasteiger charge is -2.30. The van der Waals surface area contributed by atoms with Crippen molar-refractivity contribution in [2.45, 2.75) is 18.9 Å². The summed E-state index contributed by atoms with van der Waals surface area (Å²) < 4.78 is 4.95. The van der Waals surface area contributed by atoms with Crippen LogP contribution in [0.2, 0.25) is 0 Å². The normalized spacial score (nSPS) is 19.5. The standard InChI is InChI=1S/C12H17NO2S/c1-13(2)10(9-5-4-8-16-9)12(6-7-12)11(14)15-3/h4-5,8,10H,6-7H2,1-3H3. The highest BCUT2D eigenvalue weighted by Gasteiger charge is 2.58. The first kappa shape index (κ1) is 11.6. The number of methoxy groups -OCH3 is 1. The van der Waals surface area contributed by atoms with E-state index in [1.807, 2.05) is 20.2 Å². The van der Waals surface area contributed by atoms with Gasteiger partial charge in [0.05, 0.1) is 18.6 Å². The highest BCUT2D eigenvalue weighted by atomic mass is 32.1.